The van der Waals surface area contributed by atoms with E-state index < -0.39 is 0 Å². The molecule has 0 bridgehead atoms. The third-order valence-electron chi connectivity index (χ3n) is 10.6. The molecule has 3 heterocycles. The number of hydrogen-bond acceptors (Lipinski definition) is 5. The molecule has 0 aliphatic heterocycles. The zero-order chi connectivity index (χ0) is 36.3. The minimum Gasteiger partial charge on any atom is -0.256 e. The van der Waals surface area contributed by atoms with Crippen molar-refractivity contribution in [3.05, 3.63) is 182 Å². The maximum atomic E-state index is 5.07. The quantitative estimate of drug-likeness (QED) is 0.166. The lowest BCUT2D eigenvalue weighted by atomic mass is 9.91. The number of thiophene rings is 1. The van der Waals surface area contributed by atoms with Crippen LogP contribution in [0.15, 0.2) is 182 Å². The highest BCUT2D eigenvalue weighted by Gasteiger charge is 2.17. The molecule has 5 heteroatoms. The van der Waals surface area contributed by atoms with Crippen molar-refractivity contribution in [1.82, 2.24) is 19.9 Å². The maximum Gasteiger partial charge on any atom is 0.164 e. The van der Waals surface area contributed by atoms with Crippen LogP contribution in [-0.4, -0.2) is 19.9 Å². The SMILES string of the molecule is c1ccc(-c2nc(-c3ccc(-c4ccccn4)cc3)nc(-c3cccc(-c4ccc5c(c4)c4ccccc4c4c5ccc5c6ccccc6sc54)c3)n2)cc1. The third-order valence-corrected chi connectivity index (χ3v) is 11.8. The Bertz CT molecular complexity index is 3230. The Balaban J connectivity index is 1.04. The van der Waals surface area contributed by atoms with Gasteiger partial charge < -0.3 is 0 Å². The molecule has 55 heavy (non-hydrogen) atoms. The molecule has 8 aromatic carbocycles. The first-order valence-electron chi connectivity index (χ1n) is 18.4. The molecule has 4 nitrogen and oxygen atoms in total. The van der Waals surface area contributed by atoms with Crippen LogP contribution in [0.4, 0.5) is 0 Å². The van der Waals surface area contributed by atoms with Gasteiger partial charge in [0.2, 0.25) is 0 Å². The van der Waals surface area contributed by atoms with Crippen LogP contribution in [-0.2, 0) is 0 Å². The molecule has 0 spiro atoms. The zero-order valence-corrected chi connectivity index (χ0v) is 30.3. The van der Waals surface area contributed by atoms with Gasteiger partial charge in [-0.1, -0.05) is 146 Å². The summed E-state index contributed by atoms with van der Waals surface area (Å²) in [5, 5.41) is 10.3. The van der Waals surface area contributed by atoms with Crippen molar-refractivity contribution in [3.63, 3.8) is 0 Å². The van der Waals surface area contributed by atoms with E-state index in [1.165, 1.54) is 52.5 Å². The first kappa shape index (κ1) is 31.4. The number of pyridine rings is 1. The molecule has 0 saturated heterocycles. The van der Waals surface area contributed by atoms with E-state index in [1.54, 1.807) is 0 Å². The van der Waals surface area contributed by atoms with Gasteiger partial charge in [-0.2, -0.15) is 0 Å². The first-order valence-corrected chi connectivity index (χ1v) is 19.2. The third kappa shape index (κ3) is 5.36. The van der Waals surface area contributed by atoms with Crippen LogP contribution in [0.5, 0.6) is 0 Å². The lowest BCUT2D eigenvalue weighted by molar-refractivity contribution is 1.07. The lowest BCUT2D eigenvalue weighted by Gasteiger charge is -2.13. The van der Waals surface area contributed by atoms with Crippen LogP contribution in [0.1, 0.15) is 0 Å². The second-order valence-electron chi connectivity index (χ2n) is 13.8. The first-order chi connectivity index (χ1) is 27.2. The highest BCUT2D eigenvalue weighted by atomic mass is 32.1. The Hall–Kier alpha value is -7.08. The highest BCUT2D eigenvalue weighted by Crippen LogP contribution is 2.45. The fraction of sp³-hybridized carbons (Fsp3) is 0. The molecule has 11 rings (SSSR count). The molecule has 0 aliphatic carbocycles. The number of aromatic nitrogens is 4. The fourth-order valence-electron chi connectivity index (χ4n) is 7.91. The predicted octanol–water partition coefficient (Wildman–Crippen LogP) is 13.4. The second-order valence-corrected chi connectivity index (χ2v) is 14.9. The molecular formula is C50H30N4S. The van der Waals surface area contributed by atoms with Gasteiger partial charge in [-0.15, -0.1) is 11.3 Å². The summed E-state index contributed by atoms with van der Waals surface area (Å²) < 4.78 is 2.67. The molecule has 0 atom stereocenters. The molecule has 11 aromatic rings. The van der Waals surface area contributed by atoms with Gasteiger partial charge in [0.05, 0.1) is 5.69 Å². The summed E-state index contributed by atoms with van der Waals surface area (Å²) in [5.74, 6) is 1.89. The summed E-state index contributed by atoms with van der Waals surface area (Å²) in [6, 6.07) is 62.0. The number of benzene rings is 8. The van der Waals surface area contributed by atoms with Crippen LogP contribution >= 0.6 is 11.3 Å². The van der Waals surface area contributed by atoms with Crippen molar-refractivity contribution >= 4 is 63.8 Å². The normalized spacial score (nSPS) is 11.6. The summed E-state index contributed by atoms with van der Waals surface area (Å²) in [5.41, 5.74) is 7.00. The van der Waals surface area contributed by atoms with Crippen LogP contribution in [0.25, 0.3) is 109 Å². The Kier molecular flexibility index (Phi) is 7.32. The average molecular weight is 719 g/mol. The van der Waals surface area contributed by atoms with Crippen molar-refractivity contribution in [2.45, 2.75) is 0 Å². The van der Waals surface area contributed by atoms with E-state index in [-0.39, 0.29) is 0 Å². The Morgan fingerprint density at radius 3 is 1.67 bits per heavy atom. The van der Waals surface area contributed by atoms with Gasteiger partial charge in [0.25, 0.3) is 0 Å². The van der Waals surface area contributed by atoms with Gasteiger partial charge in [-0.25, -0.2) is 15.0 Å². The molecule has 0 saturated carbocycles. The van der Waals surface area contributed by atoms with E-state index in [0.717, 1.165) is 39.1 Å². The van der Waals surface area contributed by atoms with E-state index in [9.17, 15) is 0 Å². The van der Waals surface area contributed by atoms with Gasteiger partial charge in [-0.05, 0) is 68.4 Å². The van der Waals surface area contributed by atoms with Gasteiger partial charge >= 0.3 is 0 Å². The summed E-state index contributed by atoms with van der Waals surface area (Å²) in [7, 11) is 0. The summed E-state index contributed by atoms with van der Waals surface area (Å²) in [6.45, 7) is 0. The summed E-state index contributed by atoms with van der Waals surface area (Å²) in [4.78, 5) is 19.6. The molecule has 3 aromatic heterocycles. The molecule has 0 radical (unpaired) electrons. The van der Waals surface area contributed by atoms with Gasteiger partial charge in [0.15, 0.2) is 17.5 Å². The van der Waals surface area contributed by atoms with Crippen LogP contribution in [0.3, 0.4) is 0 Å². The van der Waals surface area contributed by atoms with Crippen molar-refractivity contribution in [2.24, 2.45) is 0 Å². The van der Waals surface area contributed by atoms with E-state index in [0.29, 0.717) is 17.5 Å². The largest absolute Gasteiger partial charge is 0.256 e. The molecular weight excluding hydrogens is 689 g/mol. The van der Waals surface area contributed by atoms with Crippen molar-refractivity contribution < 1.29 is 0 Å². The Morgan fingerprint density at radius 2 is 0.873 bits per heavy atom. The van der Waals surface area contributed by atoms with Gasteiger partial charge in [0, 0.05) is 54.0 Å². The topological polar surface area (TPSA) is 51.6 Å². The van der Waals surface area contributed by atoms with Crippen LogP contribution in [0, 0.1) is 0 Å². The minimum atomic E-state index is 0.624. The molecule has 0 fully saturated rings. The van der Waals surface area contributed by atoms with Gasteiger partial charge in [0.1, 0.15) is 0 Å². The van der Waals surface area contributed by atoms with Gasteiger partial charge in [-0.3, -0.25) is 4.98 Å². The smallest absolute Gasteiger partial charge is 0.164 e. The van der Waals surface area contributed by atoms with Crippen LogP contribution in [0.2, 0.25) is 0 Å². The number of fused-ring (bicyclic) bond motifs is 10. The fourth-order valence-corrected chi connectivity index (χ4v) is 9.17. The summed E-state index contributed by atoms with van der Waals surface area (Å²) >= 11 is 1.89. The summed E-state index contributed by atoms with van der Waals surface area (Å²) in [6.07, 6.45) is 1.81. The Morgan fingerprint density at radius 1 is 0.327 bits per heavy atom. The number of hydrogen-bond donors (Lipinski definition) is 0. The van der Waals surface area contributed by atoms with E-state index in [1.807, 2.05) is 66.1 Å². The lowest BCUT2D eigenvalue weighted by Crippen LogP contribution is -2.00. The number of nitrogens with zero attached hydrogens (tertiary/aromatic N) is 4. The van der Waals surface area contributed by atoms with Crippen LogP contribution < -0.4 is 0 Å². The van der Waals surface area contributed by atoms with Crippen molar-refractivity contribution in [2.75, 3.05) is 0 Å². The van der Waals surface area contributed by atoms with E-state index in [2.05, 4.69) is 132 Å². The standard InChI is InChI=1S/C50H30N4S/c1-2-11-32(12-3-1)48-52-49(33-22-20-31(21-23-33)44-18-8-9-28-51-44)54-50(53-48)36-14-10-13-34(29-36)35-24-25-38-41-26-27-42-39-16-6-7-19-45(39)55-47(42)46(41)40-17-5-4-15-37(40)43(38)30-35/h1-30H. The van der Waals surface area contributed by atoms with Crippen molar-refractivity contribution in [1.29, 1.82) is 0 Å². The highest BCUT2D eigenvalue weighted by molar-refractivity contribution is 7.26. The average Bonchev–Trinajstić information content (AvgIpc) is 3.66. The predicted molar refractivity (Wildman–Crippen MR) is 230 cm³/mol. The number of rotatable bonds is 5. The molecule has 0 aliphatic rings. The maximum absolute atomic E-state index is 5.07. The zero-order valence-electron chi connectivity index (χ0n) is 29.5. The molecule has 0 N–H and O–H groups in total. The monoisotopic (exact) mass is 718 g/mol. The molecule has 0 amide bonds. The second kappa shape index (κ2) is 12.8. The van der Waals surface area contributed by atoms with Crippen molar-refractivity contribution in [3.8, 4) is 56.5 Å². The molecule has 256 valence electrons. The minimum absolute atomic E-state index is 0.624. The van der Waals surface area contributed by atoms with E-state index >= 15 is 0 Å². The van der Waals surface area contributed by atoms with E-state index in [4.69, 9.17) is 15.0 Å². The Labute approximate surface area is 321 Å². The molecule has 0 unspecified atom stereocenters.